The number of rotatable bonds is 16. The lowest BCUT2D eigenvalue weighted by Crippen LogP contribution is -2.59. The van der Waals surface area contributed by atoms with Gasteiger partial charge in [-0.05, 0) is 99.1 Å². The van der Waals surface area contributed by atoms with Crippen LogP contribution in [0.15, 0.2) is 122 Å². The maximum absolute atomic E-state index is 15.0. The lowest BCUT2D eigenvalue weighted by atomic mass is 9.90. The van der Waals surface area contributed by atoms with Crippen molar-refractivity contribution in [2.75, 3.05) is 27.2 Å². The molecule has 532 valence electrons. The van der Waals surface area contributed by atoms with Gasteiger partial charge in [-0.25, -0.2) is 14.2 Å². The number of likely N-dealkylation sites (N-methyl/N-ethyl adjacent to an activating group) is 2. The fourth-order valence-electron chi connectivity index (χ4n) is 12.4. The monoisotopic (exact) mass is 1380 g/mol. The SMILES string of the molecule is CN[C@@H](C)C(=O)N[C@H](C(=O)N1C[C@@H]2C[C@H]1C(=O)N[C@@H](Cc1ccccc1)C(=O)C[C@H](C(=O)O)Cc1ccc(cc1)OCc1cn(nn1)[C@H]1C[C@@H](C(=O)N[C@@H](Cc3ccccc3)C(=O)N[C@H](C(=O)O)Cc3ccc(cc3)OCc3cn2nn3)N(C(=O)[C@@H](NC(=O)[C@H](C)NC)C(C)C)C1)C(C)C. The van der Waals surface area contributed by atoms with Crippen molar-refractivity contribution in [1.82, 2.24) is 77.0 Å². The minimum Gasteiger partial charge on any atom is -0.487 e. The summed E-state index contributed by atoms with van der Waals surface area (Å²) in [7, 11) is 3.22. The number of carboxylic acids is 2. The highest BCUT2D eigenvalue weighted by Gasteiger charge is 2.47. The summed E-state index contributed by atoms with van der Waals surface area (Å²) in [5.41, 5.74) is 3.10. The molecule has 6 aliphatic rings. The number of hydrogen-bond acceptors (Lipinski definition) is 18. The van der Waals surface area contributed by atoms with Gasteiger partial charge < -0.3 is 66.7 Å². The van der Waals surface area contributed by atoms with Gasteiger partial charge in [-0.1, -0.05) is 123 Å². The number of ether oxygens (including phenoxy) is 2. The summed E-state index contributed by atoms with van der Waals surface area (Å²) in [5.74, 6) is -8.76. The number of Topliss-reactive ketones (excluding diaryl/α,β-unsaturated/α-hetero) is 1. The first-order chi connectivity index (χ1) is 47.9. The van der Waals surface area contributed by atoms with Crippen molar-refractivity contribution in [1.29, 1.82) is 0 Å². The van der Waals surface area contributed by atoms with E-state index in [0.717, 1.165) is 0 Å². The molecule has 6 aliphatic heterocycles. The van der Waals surface area contributed by atoms with Crippen molar-refractivity contribution in [3.63, 3.8) is 0 Å². The number of hydrogen-bond donors (Lipinski definition) is 9. The van der Waals surface area contributed by atoms with Gasteiger partial charge in [0.25, 0.3) is 0 Å². The van der Waals surface area contributed by atoms with Gasteiger partial charge in [-0.2, -0.15) is 0 Å². The predicted molar refractivity (Wildman–Crippen MR) is 362 cm³/mol. The number of nitrogens with one attached hydrogen (secondary N) is 7. The van der Waals surface area contributed by atoms with Crippen LogP contribution in [0.3, 0.4) is 0 Å². The summed E-state index contributed by atoms with van der Waals surface area (Å²) < 4.78 is 15.3. The lowest BCUT2D eigenvalue weighted by Gasteiger charge is -2.31. The van der Waals surface area contributed by atoms with E-state index in [1.54, 1.807) is 177 Å². The van der Waals surface area contributed by atoms with Crippen molar-refractivity contribution in [2.24, 2.45) is 17.8 Å². The summed E-state index contributed by atoms with van der Waals surface area (Å²) >= 11 is 0. The van der Waals surface area contributed by atoms with Gasteiger partial charge in [0.15, 0.2) is 5.78 Å². The number of nitrogens with zero attached hydrogens (tertiary/aromatic N) is 8. The highest BCUT2D eigenvalue weighted by molar-refractivity contribution is 5.98. The Kier molecular flexibility index (Phi) is 25.0. The van der Waals surface area contributed by atoms with Gasteiger partial charge >= 0.3 is 11.9 Å². The molecule has 6 aromatic rings. The first kappa shape index (κ1) is 73.8. The Morgan fingerprint density at radius 2 is 0.950 bits per heavy atom. The smallest absolute Gasteiger partial charge is 0.326 e. The van der Waals surface area contributed by atoms with Gasteiger partial charge in [0.2, 0.25) is 41.4 Å². The zero-order valence-electron chi connectivity index (χ0n) is 57.3. The van der Waals surface area contributed by atoms with E-state index in [1.807, 2.05) is 0 Å². The van der Waals surface area contributed by atoms with Crippen LogP contribution in [0.5, 0.6) is 11.5 Å². The summed E-state index contributed by atoms with van der Waals surface area (Å²) in [5, 5.41) is 58.6. The third-order valence-electron chi connectivity index (χ3n) is 18.6. The van der Waals surface area contributed by atoms with Crippen LogP contribution in [0.2, 0.25) is 0 Å². The normalized spacial score (nSPS) is 22.4. The average molecular weight is 1380 g/mol. The molecule has 4 aromatic carbocycles. The molecule has 0 radical (unpaired) electrons. The second-order valence-corrected chi connectivity index (χ2v) is 26.5. The molecule has 2 saturated heterocycles. The van der Waals surface area contributed by atoms with Crippen molar-refractivity contribution in [2.45, 2.75) is 166 Å². The Morgan fingerprint density at radius 3 is 1.36 bits per heavy atom. The summed E-state index contributed by atoms with van der Waals surface area (Å²) in [4.78, 5) is 144. The summed E-state index contributed by atoms with van der Waals surface area (Å²) in [6.07, 6.45) is 2.39. The number of aromatic nitrogens is 6. The molecule has 0 spiro atoms. The molecule has 7 amide bonds. The molecule has 12 rings (SSSR count). The van der Waals surface area contributed by atoms with Crippen molar-refractivity contribution >= 4 is 59.1 Å². The zero-order valence-corrected chi connectivity index (χ0v) is 57.3. The van der Waals surface area contributed by atoms with Crippen molar-refractivity contribution in [3.05, 3.63) is 155 Å². The van der Waals surface area contributed by atoms with Gasteiger partial charge in [0, 0.05) is 45.2 Å². The molecular weight excluding hydrogens is 1290 g/mol. The molecule has 100 heavy (non-hydrogen) atoms. The van der Waals surface area contributed by atoms with Crippen molar-refractivity contribution < 1.29 is 67.6 Å². The van der Waals surface area contributed by atoms with Gasteiger partial charge in [0.1, 0.15) is 72.4 Å². The molecule has 12 bridgehead atoms. The molecule has 0 unspecified atom stereocenters. The molecule has 0 saturated carbocycles. The van der Waals surface area contributed by atoms with Crippen LogP contribution in [0, 0.1) is 17.8 Å². The number of carbonyl (C=O) groups is 10. The molecule has 29 heteroatoms. The number of ketones is 1. The number of likely N-dealkylation sites (tertiary alicyclic amines) is 2. The van der Waals surface area contributed by atoms with E-state index < -0.39 is 150 Å². The van der Waals surface area contributed by atoms with Crippen LogP contribution < -0.4 is 46.7 Å². The number of carbonyl (C=O) groups excluding carboxylic acids is 8. The largest absolute Gasteiger partial charge is 0.487 e. The summed E-state index contributed by atoms with van der Waals surface area (Å²) in [6, 6.07) is 19.5. The molecule has 29 nitrogen and oxygen atoms in total. The highest BCUT2D eigenvalue weighted by Crippen LogP contribution is 2.32. The molecule has 0 aliphatic carbocycles. The highest BCUT2D eigenvalue weighted by atomic mass is 16.5. The molecular formula is C71H89N15O14. The molecule has 12 atom stereocenters. The average Bonchev–Trinajstić information content (AvgIpc) is 1.64. The fraction of sp³-hybridized carbons (Fsp3) is 0.465. The second-order valence-electron chi connectivity index (χ2n) is 26.5. The second kappa shape index (κ2) is 33.9. The van der Waals surface area contributed by atoms with Crippen LogP contribution in [0.4, 0.5) is 0 Å². The Bertz CT molecular complexity index is 3600. The Labute approximate surface area is 579 Å². The van der Waals surface area contributed by atoms with Crippen LogP contribution >= 0.6 is 0 Å². The van der Waals surface area contributed by atoms with E-state index in [0.29, 0.717) is 45.1 Å². The van der Waals surface area contributed by atoms with Crippen LogP contribution in [0.1, 0.15) is 107 Å². The molecule has 2 fully saturated rings. The standard InChI is InChI=1S/C71H89N15O14/c1-40(2)61(77-63(88)42(5)72-7)68(93)83-36-51-32-58(83)66(91)74-55(28-44-15-11-9-12-16-44)60(87)31-48(70(95)96)27-46-19-23-53(24-20-46)99-38-49-35-86(82-79-49)52-33-59(84(37-52)69(94)62(41(3)4)78-64(89)43(6)73-8)67(92)75-56(29-45-17-13-10-14-18-45)65(90)76-57(71(97)98)30-47-21-25-54(26-22-47)100-39-50-34-85(51)81-80-50/h9-26,34-35,40-43,48,51-52,55-59,61-62,72-73H,27-33,36-39H2,1-8H3,(H,74,91)(H,75,92)(H,76,90)(H,77,88)(H,78,89)(H,95,96)(H,97,98)/t42-,43-,48+,51-,52-,55-,56-,57-,58-,59-,61-,62-/m0/s1. The topological polar surface area (TPSA) is 382 Å². The Balaban J connectivity index is 1.03. The molecule has 2 aromatic heterocycles. The minimum absolute atomic E-state index is 0.000635. The third-order valence-corrected chi connectivity index (χ3v) is 18.6. The molecule has 8 heterocycles. The van der Waals surface area contributed by atoms with Crippen LogP contribution in [-0.4, -0.2) is 191 Å². The Hall–Kier alpha value is -10.4. The quantitative estimate of drug-likeness (QED) is 0.0671. The van der Waals surface area contributed by atoms with Gasteiger partial charge in [-0.3, -0.25) is 43.2 Å². The third kappa shape index (κ3) is 19.1. The fourth-order valence-corrected chi connectivity index (χ4v) is 12.4. The van der Waals surface area contributed by atoms with E-state index >= 15 is 0 Å². The number of benzene rings is 4. The number of amides is 7. The maximum Gasteiger partial charge on any atom is 0.326 e. The molecule has 9 N–H and O–H groups in total. The maximum atomic E-state index is 15.0. The van der Waals surface area contributed by atoms with E-state index in [2.05, 4.69) is 57.8 Å². The minimum atomic E-state index is -1.49. The first-order valence-electron chi connectivity index (χ1n) is 33.6. The number of carboxylic acid groups (broad SMARTS) is 2. The van der Waals surface area contributed by atoms with E-state index in [4.69, 9.17) is 9.47 Å². The first-order valence-corrected chi connectivity index (χ1v) is 33.6. The van der Waals surface area contributed by atoms with Crippen LogP contribution in [-0.2, 0) is 86.8 Å². The predicted octanol–water partition coefficient (Wildman–Crippen LogP) is 2.29. The Morgan fingerprint density at radius 1 is 0.530 bits per heavy atom. The lowest BCUT2D eigenvalue weighted by molar-refractivity contribution is -0.144. The van der Waals surface area contributed by atoms with Gasteiger partial charge in [-0.15, -0.1) is 10.2 Å². The van der Waals surface area contributed by atoms with E-state index in [9.17, 15) is 58.2 Å². The zero-order chi connectivity index (χ0) is 71.9. The van der Waals surface area contributed by atoms with Crippen LogP contribution in [0.25, 0.3) is 0 Å². The number of aliphatic carboxylic acids is 2. The van der Waals surface area contributed by atoms with E-state index in [-0.39, 0.29) is 64.8 Å². The summed E-state index contributed by atoms with van der Waals surface area (Å²) in [6.45, 7) is 10.0. The van der Waals surface area contributed by atoms with Gasteiger partial charge in [0.05, 0.1) is 48.5 Å². The van der Waals surface area contributed by atoms with Crippen molar-refractivity contribution in [3.8, 4) is 11.5 Å². The van der Waals surface area contributed by atoms with E-state index in [1.165, 1.54) is 19.2 Å².